The molecule has 13 heteroatoms. The number of hydrogen-bond acceptors (Lipinski definition) is 6. The fourth-order valence-corrected chi connectivity index (χ4v) is 5.85. The summed E-state index contributed by atoms with van der Waals surface area (Å²) in [6.45, 7) is 1.32. The highest BCUT2D eigenvalue weighted by Gasteiger charge is 2.30. The molecule has 1 fully saturated rings. The zero-order valence-electron chi connectivity index (χ0n) is 18.7. The lowest BCUT2D eigenvalue weighted by Gasteiger charge is -2.11. The molecule has 36 heavy (non-hydrogen) atoms. The first-order chi connectivity index (χ1) is 17.1. The number of nitrogens with one attached hydrogen (secondary N) is 1. The van der Waals surface area contributed by atoms with Gasteiger partial charge in [0.2, 0.25) is 5.91 Å². The van der Waals surface area contributed by atoms with Crippen LogP contribution < -0.4 is 11.1 Å². The Kier molecular flexibility index (Phi) is 6.29. The molecule has 0 unspecified atom stereocenters. The second kappa shape index (κ2) is 9.28. The van der Waals surface area contributed by atoms with Crippen molar-refractivity contribution in [1.82, 2.24) is 14.8 Å². The Morgan fingerprint density at radius 2 is 1.92 bits per heavy atom. The van der Waals surface area contributed by atoms with E-state index < -0.39 is 36.9 Å². The number of hydrogen-bond donors (Lipinski definition) is 2. The molecule has 1 aliphatic carbocycles. The summed E-state index contributed by atoms with van der Waals surface area (Å²) in [5.74, 6) is -1.50. The molecule has 0 saturated heterocycles. The van der Waals surface area contributed by atoms with E-state index in [1.807, 2.05) is 13.0 Å². The molecule has 1 saturated carbocycles. The number of aromatic nitrogens is 3. The summed E-state index contributed by atoms with van der Waals surface area (Å²) in [7, 11) is 0. The van der Waals surface area contributed by atoms with Gasteiger partial charge in [0.25, 0.3) is 18.8 Å². The topological polar surface area (TPSA) is 103 Å². The number of carbonyl (C=O) groups excluding carboxylic acids is 2. The summed E-state index contributed by atoms with van der Waals surface area (Å²) in [5.41, 5.74) is 5.55. The number of amides is 2. The van der Waals surface area contributed by atoms with E-state index in [0.29, 0.717) is 16.1 Å². The summed E-state index contributed by atoms with van der Waals surface area (Å²) >= 11 is 2.13. The number of nitrogens with two attached hydrogens (primary N) is 1. The van der Waals surface area contributed by atoms with Crippen molar-refractivity contribution < 1.29 is 27.2 Å². The van der Waals surface area contributed by atoms with Crippen molar-refractivity contribution in [2.24, 2.45) is 5.73 Å². The second-order valence-electron chi connectivity index (χ2n) is 8.43. The van der Waals surface area contributed by atoms with Crippen LogP contribution in [0, 0.1) is 6.92 Å². The van der Waals surface area contributed by atoms with E-state index in [2.05, 4.69) is 15.4 Å². The quantitative estimate of drug-likeness (QED) is 0.268. The van der Waals surface area contributed by atoms with Crippen LogP contribution in [0.1, 0.15) is 63.2 Å². The number of alkyl halides is 4. The van der Waals surface area contributed by atoms with Crippen LogP contribution in [0.15, 0.2) is 24.3 Å². The van der Waals surface area contributed by atoms with Crippen molar-refractivity contribution in [2.75, 3.05) is 5.32 Å². The highest BCUT2D eigenvalue weighted by atomic mass is 32.1. The van der Waals surface area contributed by atoms with E-state index in [1.54, 1.807) is 6.07 Å². The zero-order valence-corrected chi connectivity index (χ0v) is 20.4. The molecule has 3 N–H and O–H groups in total. The second-order valence-corrected chi connectivity index (χ2v) is 10.7. The smallest absolute Gasteiger partial charge is 0.280 e. The van der Waals surface area contributed by atoms with Gasteiger partial charge in [-0.2, -0.15) is 5.10 Å². The molecule has 0 bridgehead atoms. The van der Waals surface area contributed by atoms with Crippen LogP contribution in [-0.4, -0.2) is 26.6 Å². The van der Waals surface area contributed by atoms with Gasteiger partial charge in [0, 0.05) is 26.6 Å². The minimum Gasteiger partial charge on any atom is -0.365 e. The summed E-state index contributed by atoms with van der Waals surface area (Å²) in [6, 6.07) is 6.08. The van der Waals surface area contributed by atoms with Gasteiger partial charge in [0.05, 0.1) is 11.4 Å². The summed E-state index contributed by atoms with van der Waals surface area (Å²) < 4.78 is 55.2. The Labute approximate surface area is 209 Å². The van der Waals surface area contributed by atoms with Crippen LogP contribution in [0.4, 0.5) is 23.2 Å². The van der Waals surface area contributed by atoms with Crippen LogP contribution in [-0.2, 0) is 11.3 Å². The number of carbonyl (C=O) groups is 2. The molecule has 1 aliphatic rings. The molecule has 7 nitrogen and oxygen atoms in total. The summed E-state index contributed by atoms with van der Waals surface area (Å²) in [6.07, 6.45) is -3.98. The Hall–Kier alpha value is -3.32. The molecule has 0 aliphatic heterocycles. The largest absolute Gasteiger partial charge is 0.365 e. The lowest BCUT2D eigenvalue weighted by atomic mass is 10.1. The van der Waals surface area contributed by atoms with E-state index in [0.717, 1.165) is 33.7 Å². The minimum absolute atomic E-state index is 0.00930. The average molecular weight is 538 g/mol. The first-order valence-corrected chi connectivity index (χ1v) is 12.5. The molecule has 0 aromatic carbocycles. The van der Waals surface area contributed by atoms with Crippen molar-refractivity contribution in [3.05, 3.63) is 51.1 Å². The normalized spacial score (nSPS) is 13.8. The van der Waals surface area contributed by atoms with Gasteiger partial charge in [-0.25, -0.2) is 22.5 Å². The van der Waals surface area contributed by atoms with E-state index in [9.17, 15) is 27.2 Å². The molecule has 4 aromatic heterocycles. The van der Waals surface area contributed by atoms with Gasteiger partial charge >= 0.3 is 0 Å². The monoisotopic (exact) mass is 537 g/mol. The number of rotatable bonds is 8. The Bertz CT molecular complexity index is 1490. The SMILES string of the molecule is Cc1ccc(-c2cc(C(F)F)nc3sc(C(N)=O)c(NC(=O)Cn4nc(C5CC5)cc4C(F)F)c23)s1. The highest BCUT2D eigenvalue weighted by Crippen LogP contribution is 2.44. The third-order valence-corrected chi connectivity index (χ3v) is 7.87. The molecule has 4 aromatic rings. The third-order valence-electron chi connectivity index (χ3n) is 5.74. The van der Waals surface area contributed by atoms with Crippen molar-refractivity contribution in [3.63, 3.8) is 0 Å². The van der Waals surface area contributed by atoms with E-state index in [1.165, 1.54) is 23.5 Å². The van der Waals surface area contributed by atoms with Crippen LogP contribution in [0.3, 0.4) is 0 Å². The Morgan fingerprint density at radius 3 is 2.50 bits per heavy atom. The van der Waals surface area contributed by atoms with E-state index in [4.69, 9.17) is 5.73 Å². The highest BCUT2D eigenvalue weighted by molar-refractivity contribution is 7.21. The number of anilines is 1. The first kappa shape index (κ1) is 24.4. The molecule has 0 radical (unpaired) electrons. The zero-order chi connectivity index (χ0) is 25.7. The standard InChI is InChI=1S/C23H19F4N5O2S2/c1-9-2-5-15(35-9)11-6-13(20(24)25)29-23-17(11)18(19(36-23)22(28)34)30-16(33)8-32-14(21(26)27)7-12(31-32)10-3-4-10/h2,5-7,10,20-21H,3-4,8H2,1H3,(H2,28,34)(H,30,33). The maximum absolute atomic E-state index is 13.6. The fraction of sp³-hybridized carbons (Fsp3) is 0.304. The van der Waals surface area contributed by atoms with Crippen molar-refractivity contribution in [1.29, 1.82) is 0 Å². The number of aryl methyl sites for hydroxylation is 1. The Balaban J connectivity index is 1.58. The predicted molar refractivity (Wildman–Crippen MR) is 129 cm³/mol. The van der Waals surface area contributed by atoms with Crippen molar-refractivity contribution in [3.8, 4) is 10.4 Å². The number of primary amides is 1. The van der Waals surface area contributed by atoms with E-state index >= 15 is 0 Å². The maximum atomic E-state index is 13.6. The minimum atomic E-state index is -2.86. The first-order valence-electron chi connectivity index (χ1n) is 10.9. The van der Waals surface area contributed by atoms with Crippen LogP contribution in [0.25, 0.3) is 20.7 Å². The van der Waals surface area contributed by atoms with Gasteiger partial charge in [0.15, 0.2) is 0 Å². The number of nitrogens with zero attached hydrogens (tertiary/aromatic N) is 3. The van der Waals surface area contributed by atoms with Gasteiger partial charge in [-0.05, 0) is 44.0 Å². The lowest BCUT2D eigenvalue weighted by Crippen LogP contribution is -2.22. The average Bonchev–Trinajstić information content (AvgIpc) is 3.26. The molecular weight excluding hydrogens is 518 g/mol. The van der Waals surface area contributed by atoms with Gasteiger partial charge in [-0.1, -0.05) is 0 Å². The molecule has 0 atom stereocenters. The van der Waals surface area contributed by atoms with Gasteiger partial charge in [-0.3, -0.25) is 14.3 Å². The van der Waals surface area contributed by atoms with Gasteiger partial charge in [0.1, 0.15) is 27.6 Å². The van der Waals surface area contributed by atoms with E-state index in [-0.39, 0.29) is 32.4 Å². The van der Waals surface area contributed by atoms with Gasteiger partial charge < -0.3 is 11.1 Å². The Morgan fingerprint density at radius 1 is 1.17 bits per heavy atom. The fourth-order valence-electron chi connectivity index (χ4n) is 3.94. The van der Waals surface area contributed by atoms with Crippen molar-refractivity contribution >= 4 is 50.4 Å². The van der Waals surface area contributed by atoms with Gasteiger partial charge in [-0.15, -0.1) is 22.7 Å². The van der Waals surface area contributed by atoms with Crippen LogP contribution >= 0.6 is 22.7 Å². The summed E-state index contributed by atoms with van der Waals surface area (Å²) in [5, 5.41) is 7.04. The lowest BCUT2D eigenvalue weighted by molar-refractivity contribution is -0.117. The number of thiophene rings is 2. The molecule has 5 rings (SSSR count). The number of pyridine rings is 1. The molecule has 4 heterocycles. The number of halogens is 4. The van der Waals surface area contributed by atoms with Crippen molar-refractivity contribution in [2.45, 2.75) is 45.1 Å². The van der Waals surface area contributed by atoms with Crippen LogP contribution in [0.2, 0.25) is 0 Å². The summed E-state index contributed by atoms with van der Waals surface area (Å²) in [4.78, 5) is 30.8. The molecular formula is C23H19F4N5O2S2. The molecule has 188 valence electrons. The number of fused-ring (bicyclic) bond motifs is 1. The molecule has 0 spiro atoms. The third kappa shape index (κ3) is 4.60. The molecule has 2 amide bonds. The van der Waals surface area contributed by atoms with Crippen LogP contribution in [0.5, 0.6) is 0 Å². The maximum Gasteiger partial charge on any atom is 0.280 e. The predicted octanol–water partition coefficient (Wildman–Crippen LogP) is 6.02.